The van der Waals surface area contributed by atoms with Crippen LogP contribution < -0.4 is 0 Å². The summed E-state index contributed by atoms with van der Waals surface area (Å²) in [6.07, 6.45) is -0.0442. The first kappa shape index (κ1) is 13.6. The van der Waals surface area contributed by atoms with E-state index in [1.54, 1.807) is 24.3 Å². The highest BCUT2D eigenvalue weighted by molar-refractivity contribution is 7.11. The smallest absolute Gasteiger partial charge is 0.305 e. The van der Waals surface area contributed by atoms with Crippen molar-refractivity contribution >= 4 is 23.2 Å². The van der Waals surface area contributed by atoms with Gasteiger partial charge >= 0.3 is 5.97 Å². The maximum atomic E-state index is 12.2. The highest BCUT2D eigenvalue weighted by Gasteiger charge is 2.24. The average Bonchev–Trinajstić information content (AvgIpc) is 2.64. The second kappa shape index (κ2) is 5.77. The minimum atomic E-state index is -0.898. The molecule has 5 nitrogen and oxygen atoms in total. The molecule has 1 rings (SSSR count). The Balaban J connectivity index is 2.84. The van der Waals surface area contributed by atoms with Gasteiger partial charge in [-0.25, -0.2) is 4.98 Å². The van der Waals surface area contributed by atoms with Crippen molar-refractivity contribution in [2.45, 2.75) is 33.2 Å². The van der Waals surface area contributed by atoms with Crippen molar-refractivity contribution in [3.05, 3.63) is 16.1 Å². The van der Waals surface area contributed by atoms with Crippen molar-refractivity contribution in [3.63, 3.8) is 0 Å². The van der Waals surface area contributed by atoms with Crippen molar-refractivity contribution < 1.29 is 14.7 Å². The zero-order valence-electron chi connectivity index (χ0n) is 10.1. The van der Waals surface area contributed by atoms with Gasteiger partial charge in [0.1, 0.15) is 4.88 Å². The molecule has 0 fully saturated rings. The molecule has 0 bridgehead atoms. The summed E-state index contributed by atoms with van der Waals surface area (Å²) < 4.78 is 0. The number of aromatic nitrogens is 1. The Morgan fingerprint density at radius 3 is 2.65 bits per heavy atom. The van der Waals surface area contributed by atoms with Crippen molar-refractivity contribution in [2.24, 2.45) is 0 Å². The van der Waals surface area contributed by atoms with Gasteiger partial charge in [-0.3, -0.25) is 9.59 Å². The fourth-order valence-corrected chi connectivity index (χ4v) is 2.41. The zero-order chi connectivity index (χ0) is 13.0. The Hall–Kier alpha value is -1.43. The molecule has 1 atom stereocenters. The molecule has 6 heteroatoms. The van der Waals surface area contributed by atoms with Crippen LogP contribution in [0.5, 0.6) is 0 Å². The first-order chi connectivity index (χ1) is 7.97. The molecule has 0 aromatic carbocycles. The van der Waals surface area contributed by atoms with E-state index in [-0.39, 0.29) is 18.4 Å². The van der Waals surface area contributed by atoms with Gasteiger partial charge in [-0.05, 0) is 20.8 Å². The number of hydrogen-bond acceptors (Lipinski definition) is 4. The highest BCUT2D eigenvalue weighted by Crippen LogP contribution is 2.17. The van der Waals surface area contributed by atoms with Gasteiger partial charge in [-0.15, -0.1) is 11.3 Å². The van der Waals surface area contributed by atoms with Crippen molar-refractivity contribution in [1.82, 2.24) is 9.88 Å². The summed E-state index contributed by atoms with van der Waals surface area (Å²) in [4.78, 5) is 29.0. The quantitative estimate of drug-likeness (QED) is 0.871. The molecular weight excluding hydrogens is 240 g/mol. The fraction of sp³-hybridized carbons (Fsp3) is 0.545. The van der Waals surface area contributed by atoms with Gasteiger partial charge in [0, 0.05) is 12.6 Å². The maximum absolute atomic E-state index is 12.2. The van der Waals surface area contributed by atoms with Crippen molar-refractivity contribution in [2.75, 3.05) is 6.54 Å². The van der Waals surface area contributed by atoms with Crippen LogP contribution >= 0.6 is 11.3 Å². The van der Waals surface area contributed by atoms with Crippen LogP contribution in [0.15, 0.2) is 5.51 Å². The van der Waals surface area contributed by atoms with E-state index in [4.69, 9.17) is 5.11 Å². The lowest BCUT2D eigenvalue weighted by atomic mass is 10.2. The number of carboxylic acid groups (broad SMARTS) is 1. The fourth-order valence-electron chi connectivity index (χ4n) is 1.66. The predicted octanol–water partition coefficient (Wildman–Crippen LogP) is 1.78. The number of carbonyl (C=O) groups excluding carboxylic acids is 1. The monoisotopic (exact) mass is 256 g/mol. The summed E-state index contributed by atoms with van der Waals surface area (Å²) >= 11 is 1.29. The molecule has 17 heavy (non-hydrogen) atoms. The number of hydrogen-bond donors (Lipinski definition) is 1. The molecule has 0 radical (unpaired) electrons. The number of rotatable bonds is 5. The summed E-state index contributed by atoms with van der Waals surface area (Å²) in [6, 6.07) is -0.313. The van der Waals surface area contributed by atoms with E-state index in [0.717, 1.165) is 0 Å². The van der Waals surface area contributed by atoms with E-state index in [9.17, 15) is 9.59 Å². The van der Waals surface area contributed by atoms with Gasteiger partial charge in [-0.2, -0.15) is 0 Å². The summed E-state index contributed by atoms with van der Waals surface area (Å²) in [5, 5.41) is 8.75. The van der Waals surface area contributed by atoms with Crippen LogP contribution in [0.2, 0.25) is 0 Å². The van der Waals surface area contributed by atoms with Crippen molar-refractivity contribution in [1.29, 1.82) is 0 Å². The number of aryl methyl sites for hydroxylation is 1. The van der Waals surface area contributed by atoms with Gasteiger partial charge in [0.25, 0.3) is 5.91 Å². The third-order valence-electron chi connectivity index (χ3n) is 2.54. The van der Waals surface area contributed by atoms with E-state index in [2.05, 4.69) is 4.98 Å². The Kier molecular flexibility index (Phi) is 4.62. The molecule has 94 valence electrons. The Morgan fingerprint density at radius 2 is 2.24 bits per heavy atom. The van der Waals surface area contributed by atoms with Crippen LogP contribution in [0.1, 0.15) is 35.6 Å². The molecule has 0 spiro atoms. The van der Waals surface area contributed by atoms with Gasteiger partial charge in [0.15, 0.2) is 0 Å². The average molecular weight is 256 g/mol. The van der Waals surface area contributed by atoms with Gasteiger partial charge < -0.3 is 10.0 Å². The third kappa shape index (κ3) is 3.26. The molecule has 1 aromatic heterocycles. The lowest BCUT2D eigenvalue weighted by molar-refractivity contribution is -0.138. The molecule has 1 heterocycles. The van der Waals surface area contributed by atoms with Crippen molar-refractivity contribution in [3.8, 4) is 0 Å². The van der Waals surface area contributed by atoms with Crippen LogP contribution in [-0.2, 0) is 4.79 Å². The summed E-state index contributed by atoms with van der Waals surface area (Å²) in [5.41, 5.74) is 2.32. The predicted molar refractivity (Wildman–Crippen MR) is 65.3 cm³/mol. The van der Waals surface area contributed by atoms with Crippen LogP contribution in [0, 0.1) is 6.92 Å². The molecule has 1 amide bonds. The minimum absolute atomic E-state index is 0.0442. The second-order valence-corrected chi connectivity index (χ2v) is 4.66. The normalized spacial score (nSPS) is 12.2. The maximum Gasteiger partial charge on any atom is 0.305 e. The Morgan fingerprint density at radius 1 is 1.59 bits per heavy atom. The zero-order valence-corrected chi connectivity index (χ0v) is 11.0. The number of carbonyl (C=O) groups is 2. The Bertz CT molecular complexity index is 417. The van der Waals surface area contributed by atoms with Crippen LogP contribution in [-0.4, -0.2) is 39.5 Å². The molecule has 0 aliphatic rings. The third-order valence-corrected chi connectivity index (χ3v) is 3.46. The molecular formula is C11H16N2O3S. The van der Waals surface area contributed by atoms with Gasteiger partial charge in [0.2, 0.25) is 0 Å². The van der Waals surface area contributed by atoms with Crippen LogP contribution in [0.4, 0.5) is 0 Å². The lowest BCUT2D eigenvalue weighted by Gasteiger charge is -2.26. The van der Waals surface area contributed by atoms with E-state index >= 15 is 0 Å². The molecule has 0 saturated carbocycles. The topological polar surface area (TPSA) is 70.5 Å². The number of carboxylic acids is 1. The van der Waals surface area contributed by atoms with E-state index in [0.29, 0.717) is 17.1 Å². The number of amides is 1. The molecule has 0 aliphatic heterocycles. The highest BCUT2D eigenvalue weighted by atomic mass is 32.1. The Labute approximate surface area is 104 Å². The van der Waals surface area contributed by atoms with Crippen LogP contribution in [0.25, 0.3) is 0 Å². The van der Waals surface area contributed by atoms with E-state index in [1.807, 2.05) is 6.92 Å². The molecule has 0 aliphatic carbocycles. The summed E-state index contributed by atoms with van der Waals surface area (Å²) in [7, 11) is 0. The SMILES string of the molecule is CCN(C(=O)c1scnc1C)C(C)CC(=O)O. The number of thiazole rings is 1. The number of nitrogens with zero attached hydrogens (tertiary/aromatic N) is 2. The largest absolute Gasteiger partial charge is 0.481 e. The summed E-state index contributed by atoms with van der Waals surface area (Å²) in [5.74, 6) is -1.04. The van der Waals surface area contributed by atoms with Crippen LogP contribution in [0.3, 0.4) is 0 Å². The van der Waals surface area contributed by atoms with Gasteiger partial charge in [-0.1, -0.05) is 0 Å². The molecule has 0 saturated heterocycles. The second-order valence-electron chi connectivity index (χ2n) is 3.80. The van der Waals surface area contributed by atoms with E-state index in [1.165, 1.54) is 11.3 Å². The first-order valence-electron chi connectivity index (χ1n) is 5.40. The number of aliphatic carboxylic acids is 1. The van der Waals surface area contributed by atoms with Gasteiger partial charge in [0.05, 0.1) is 17.6 Å². The molecule has 1 N–H and O–H groups in total. The first-order valence-corrected chi connectivity index (χ1v) is 6.28. The molecule has 1 aromatic rings. The molecule has 1 unspecified atom stereocenters. The van der Waals surface area contributed by atoms with E-state index < -0.39 is 5.97 Å². The lowest BCUT2D eigenvalue weighted by Crippen LogP contribution is -2.39. The summed E-state index contributed by atoms with van der Waals surface area (Å²) in [6.45, 7) is 5.85. The minimum Gasteiger partial charge on any atom is -0.481 e. The standard InChI is InChI=1S/C11H16N2O3S/c1-4-13(7(2)5-9(14)15)11(16)10-8(3)12-6-17-10/h6-7H,4-5H2,1-3H3,(H,14,15).